The molecule has 0 heterocycles. The predicted octanol–water partition coefficient (Wildman–Crippen LogP) is 1.91. The molecule has 0 spiro atoms. The van der Waals surface area contributed by atoms with Gasteiger partial charge in [0, 0.05) is 0 Å². The van der Waals surface area contributed by atoms with Crippen molar-refractivity contribution >= 4 is 11.9 Å². The Morgan fingerprint density at radius 1 is 0.909 bits per heavy atom. The number of amides is 1. The predicted molar refractivity (Wildman–Crippen MR) is 83.1 cm³/mol. The van der Waals surface area contributed by atoms with E-state index in [1.807, 2.05) is 60.7 Å². The fraction of sp³-hybridized carbons (Fsp3) is 0.176. The van der Waals surface area contributed by atoms with Gasteiger partial charge >= 0.3 is 5.97 Å². The van der Waals surface area contributed by atoms with Crippen LogP contribution in [0.15, 0.2) is 60.7 Å². The van der Waals surface area contributed by atoms with Crippen LogP contribution in [0.2, 0.25) is 0 Å². The monoisotopic (exact) mass is 298 g/mol. The lowest BCUT2D eigenvalue weighted by molar-refractivity contribution is -0.139. The van der Waals surface area contributed by atoms with Gasteiger partial charge in [-0.05, 0) is 18.1 Å². The van der Waals surface area contributed by atoms with Gasteiger partial charge in [0.2, 0.25) is 5.91 Å². The number of rotatable bonds is 6. The van der Waals surface area contributed by atoms with Crippen molar-refractivity contribution in [2.75, 3.05) is 0 Å². The molecule has 5 heteroatoms. The van der Waals surface area contributed by atoms with Gasteiger partial charge in [-0.2, -0.15) is 0 Å². The number of carboxylic acids is 1. The van der Waals surface area contributed by atoms with E-state index >= 15 is 0 Å². The highest BCUT2D eigenvalue weighted by Gasteiger charge is 2.23. The van der Waals surface area contributed by atoms with Gasteiger partial charge < -0.3 is 5.11 Å². The number of benzene rings is 2. The van der Waals surface area contributed by atoms with Crippen molar-refractivity contribution in [1.29, 1.82) is 0 Å². The van der Waals surface area contributed by atoms with Gasteiger partial charge in [0.1, 0.15) is 6.04 Å². The van der Waals surface area contributed by atoms with Crippen LogP contribution < -0.4 is 10.9 Å². The number of hydrogen-bond acceptors (Lipinski definition) is 3. The van der Waals surface area contributed by atoms with Crippen LogP contribution in [0, 0.1) is 0 Å². The summed E-state index contributed by atoms with van der Waals surface area (Å²) in [5.74, 6) is -1.84. The molecule has 1 atom stereocenters. The first-order valence-corrected chi connectivity index (χ1v) is 6.97. The molecule has 2 aromatic carbocycles. The van der Waals surface area contributed by atoms with Crippen LogP contribution in [-0.2, 0) is 9.59 Å². The van der Waals surface area contributed by atoms with Crippen molar-refractivity contribution in [2.24, 2.45) is 0 Å². The first kappa shape index (κ1) is 15.7. The molecule has 0 saturated carbocycles. The number of aliphatic carboxylic acids is 1. The second-order valence-corrected chi connectivity index (χ2v) is 4.95. The fourth-order valence-electron chi connectivity index (χ4n) is 2.10. The lowest BCUT2D eigenvalue weighted by Gasteiger charge is -2.19. The highest BCUT2D eigenvalue weighted by atomic mass is 16.4. The SMILES string of the molecule is C[C@H](NNC(=O)C(c1ccccc1)c1ccccc1)C(=O)O. The minimum atomic E-state index is -1.03. The number of carboxylic acid groups (broad SMARTS) is 1. The highest BCUT2D eigenvalue weighted by molar-refractivity contribution is 5.87. The van der Waals surface area contributed by atoms with Gasteiger partial charge in [-0.15, -0.1) is 0 Å². The lowest BCUT2D eigenvalue weighted by Crippen LogP contribution is -2.48. The molecule has 5 nitrogen and oxygen atoms in total. The van der Waals surface area contributed by atoms with Crippen LogP contribution in [0.25, 0.3) is 0 Å². The van der Waals surface area contributed by atoms with Gasteiger partial charge in [0.05, 0.1) is 5.92 Å². The van der Waals surface area contributed by atoms with E-state index in [2.05, 4.69) is 10.9 Å². The zero-order chi connectivity index (χ0) is 15.9. The molecule has 0 fully saturated rings. The number of carbonyl (C=O) groups is 2. The Morgan fingerprint density at radius 3 is 1.77 bits per heavy atom. The first-order valence-electron chi connectivity index (χ1n) is 6.97. The van der Waals surface area contributed by atoms with E-state index in [0.29, 0.717) is 0 Å². The first-order chi connectivity index (χ1) is 10.6. The molecular formula is C17H18N2O3. The Bertz CT molecular complexity index is 589. The zero-order valence-electron chi connectivity index (χ0n) is 12.2. The topological polar surface area (TPSA) is 78.4 Å². The molecule has 0 saturated heterocycles. The highest BCUT2D eigenvalue weighted by Crippen LogP contribution is 2.24. The summed E-state index contributed by atoms with van der Waals surface area (Å²) in [6, 6.07) is 17.9. The van der Waals surface area contributed by atoms with E-state index in [4.69, 9.17) is 5.11 Å². The summed E-state index contributed by atoms with van der Waals surface area (Å²) in [5.41, 5.74) is 6.68. The van der Waals surface area contributed by atoms with E-state index in [0.717, 1.165) is 11.1 Å². The average molecular weight is 298 g/mol. The van der Waals surface area contributed by atoms with E-state index in [-0.39, 0.29) is 5.91 Å². The zero-order valence-corrected chi connectivity index (χ0v) is 12.2. The van der Waals surface area contributed by atoms with Crippen molar-refractivity contribution < 1.29 is 14.7 Å². The molecule has 0 unspecified atom stereocenters. The second kappa shape index (κ2) is 7.38. The molecule has 0 aliphatic rings. The van der Waals surface area contributed by atoms with E-state index in [1.54, 1.807) is 0 Å². The van der Waals surface area contributed by atoms with Crippen molar-refractivity contribution in [3.63, 3.8) is 0 Å². The van der Waals surface area contributed by atoms with Crippen LogP contribution >= 0.6 is 0 Å². The maximum Gasteiger partial charge on any atom is 0.322 e. The second-order valence-electron chi connectivity index (χ2n) is 4.95. The maximum atomic E-state index is 12.5. The fourth-order valence-corrected chi connectivity index (χ4v) is 2.10. The van der Waals surface area contributed by atoms with Crippen molar-refractivity contribution in [1.82, 2.24) is 10.9 Å². The van der Waals surface area contributed by atoms with Crippen LogP contribution in [0.3, 0.4) is 0 Å². The molecule has 3 N–H and O–H groups in total. The molecule has 0 aliphatic heterocycles. The summed E-state index contributed by atoms with van der Waals surface area (Å²) < 4.78 is 0. The molecule has 22 heavy (non-hydrogen) atoms. The van der Waals surface area contributed by atoms with Crippen LogP contribution in [0.5, 0.6) is 0 Å². The molecular weight excluding hydrogens is 280 g/mol. The van der Waals surface area contributed by atoms with E-state index in [9.17, 15) is 9.59 Å². The number of nitrogens with one attached hydrogen (secondary N) is 2. The normalized spacial score (nSPS) is 11.9. The van der Waals surface area contributed by atoms with Gasteiger partial charge in [0.25, 0.3) is 0 Å². The minimum Gasteiger partial charge on any atom is -0.480 e. The Labute approximate surface area is 129 Å². The quantitative estimate of drug-likeness (QED) is 0.712. The minimum absolute atomic E-state index is 0.300. The maximum absolute atomic E-state index is 12.5. The number of hydrogen-bond donors (Lipinski definition) is 3. The standard InChI is InChI=1S/C17H18N2O3/c1-12(17(21)22)18-19-16(20)15(13-8-4-2-5-9-13)14-10-6-3-7-11-14/h2-12,15,18H,1H3,(H,19,20)(H,21,22)/t12-/m0/s1. The third kappa shape index (κ3) is 3.93. The van der Waals surface area contributed by atoms with Gasteiger partial charge in [-0.1, -0.05) is 60.7 Å². The summed E-state index contributed by atoms with van der Waals surface area (Å²) in [5, 5.41) is 8.85. The average Bonchev–Trinajstić information content (AvgIpc) is 2.54. The summed E-state index contributed by atoms with van der Waals surface area (Å²) >= 11 is 0. The Hall–Kier alpha value is -2.66. The Balaban J connectivity index is 2.22. The van der Waals surface area contributed by atoms with E-state index < -0.39 is 17.9 Å². The van der Waals surface area contributed by atoms with Gasteiger partial charge in [-0.25, -0.2) is 5.43 Å². The van der Waals surface area contributed by atoms with Crippen LogP contribution in [0.1, 0.15) is 24.0 Å². The largest absolute Gasteiger partial charge is 0.480 e. The summed E-state index contributed by atoms with van der Waals surface area (Å²) in [4.78, 5) is 23.3. The van der Waals surface area contributed by atoms with Crippen molar-refractivity contribution in [3.05, 3.63) is 71.8 Å². The van der Waals surface area contributed by atoms with Crippen LogP contribution in [-0.4, -0.2) is 23.0 Å². The van der Waals surface area contributed by atoms with E-state index in [1.165, 1.54) is 6.92 Å². The number of hydrazine groups is 1. The summed E-state index contributed by atoms with van der Waals surface area (Å²) in [6.45, 7) is 1.46. The smallest absolute Gasteiger partial charge is 0.322 e. The number of carbonyl (C=O) groups excluding carboxylic acids is 1. The van der Waals surface area contributed by atoms with Gasteiger partial charge in [-0.3, -0.25) is 15.0 Å². The summed E-state index contributed by atoms with van der Waals surface area (Å²) in [6.07, 6.45) is 0. The molecule has 2 rings (SSSR count). The lowest BCUT2D eigenvalue weighted by atomic mass is 9.91. The Morgan fingerprint density at radius 2 is 1.36 bits per heavy atom. The molecule has 0 bridgehead atoms. The summed E-state index contributed by atoms with van der Waals surface area (Å²) in [7, 11) is 0. The third-order valence-corrected chi connectivity index (χ3v) is 3.31. The molecule has 2 aromatic rings. The molecule has 1 amide bonds. The molecule has 114 valence electrons. The molecule has 0 aliphatic carbocycles. The van der Waals surface area contributed by atoms with Crippen LogP contribution in [0.4, 0.5) is 0 Å². The third-order valence-electron chi connectivity index (χ3n) is 3.31. The van der Waals surface area contributed by atoms with Gasteiger partial charge in [0.15, 0.2) is 0 Å². The molecule has 0 radical (unpaired) electrons. The Kier molecular flexibility index (Phi) is 5.27. The van der Waals surface area contributed by atoms with Crippen molar-refractivity contribution in [3.8, 4) is 0 Å². The molecule has 0 aromatic heterocycles. The van der Waals surface area contributed by atoms with Crippen molar-refractivity contribution in [2.45, 2.75) is 18.9 Å².